The molecule has 1 heterocycles. The molecule has 0 saturated carbocycles. The molecular formula is C10H18N4O. The molecule has 15 heavy (non-hydrogen) atoms. The second-order valence-electron chi connectivity index (χ2n) is 3.40. The Morgan fingerprint density at radius 1 is 1.60 bits per heavy atom. The van der Waals surface area contributed by atoms with E-state index in [1.807, 2.05) is 13.8 Å². The summed E-state index contributed by atoms with van der Waals surface area (Å²) in [5.41, 5.74) is 6.71. The monoisotopic (exact) mass is 210 g/mol. The molecule has 1 amide bonds. The van der Waals surface area contributed by atoms with E-state index in [1.54, 1.807) is 17.4 Å². The Bertz CT molecular complexity index is 292. The summed E-state index contributed by atoms with van der Waals surface area (Å²) in [5, 5.41) is 0. The van der Waals surface area contributed by atoms with Gasteiger partial charge in [-0.15, -0.1) is 0 Å². The average Bonchev–Trinajstić information content (AvgIpc) is 2.72. The van der Waals surface area contributed by atoms with E-state index in [9.17, 15) is 4.79 Å². The normalized spacial score (nSPS) is 12.5. The number of aromatic nitrogens is 2. The lowest BCUT2D eigenvalue weighted by atomic mass is 10.1. The summed E-state index contributed by atoms with van der Waals surface area (Å²) in [5.74, 6) is -0.00500. The molecule has 0 aliphatic heterocycles. The number of nitrogens with one attached hydrogen (secondary N) is 1. The van der Waals surface area contributed by atoms with Crippen LogP contribution in [0.25, 0.3) is 0 Å². The first-order chi connectivity index (χ1) is 7.19. The van der Waals surface area contributed by atoms with Gasteiger partial charge in [0.15, 0.2) is 0 Å². The van der Waals surface area contributed by atoms with Gasteiger partial charge in [0.2, 0.25) is 5.91 Å². The number of rotatable bonds is 5. The lowest BCUT2D eigenvalue weighted by molar-refractivity contribution is -0.132. The molecule has 1 atom stereocenters. The molecule has 0 fully saturated rings. The largest absolute Gasteiger partial charge is 0.348 e. The van der Waals surface area contributed by atoms with Gasteiger partial charge in [0.25, 0.3) is 0 Å². The number of H-pyrrole nitrogens is 1. The Hall–Kier alpha value is -1.36. The topological polar surface area (TPSA) is 75.0 Å². The van der Waals surface area contributed by atoms with Gasteiger partial charge in [0.05, 0.1) is 12.4 Å². The summed E-state index contributed by atoms with van der Waals surface area (Å²) >= 11 is 0. The van der Waals surface area contributed by atoms with Crippen LogP contribution in [0.4, 0.5) is 0 Å². The van der Waals surface area contributed by atoms with Crippen molar-refractivity contribution in [2.24, 2.45) is 5.73 Å². The molecule has 1 aromatic rings. The summed E-state index contributed by atoms with van der Waals surface area (Å²) in [7, 11) is 0. The minimum absolute atomic E-state index is 0.00500. The number of aromatic amines is 1. The van der Waals surface area contributed by atoms with Crippen LogP contribution >= 0.6 is 0 Å². The summed E-state index contributed by atoms with van der Waals surface area (Å²) < 4.78 is 0. The van der Waals surface area contributed by atoms with Crippen LogP contribution in [0, 0.1) is 0 Å². The standard InChI is InChI=1S/C10H18N4O/c1-3-14(4-2)10(15)9(11)5-8-6-12-7-13-8/h6-7,9H,3-5,11H2,1-2H3,(H,12,13)/t9-/m0/s1. The third-order valence-electron chi connectivity index (χ3n) is 2.39. The van der Waals surface area contributed by atoms with Crippen LogP contribution < -0.4 is 5.73 Å². The number of amides is 1. The number of nitrogens with two attached hydrogens (primary N) is 1. The van der Waals surface area contributed by atoms with E-state index in [-0.39, 0.29) is 5.91 Å². The first-order valence-electron chi connectivity index (χ1n) is 5.20. The maximum Gasteiger partial charge on any atom is 0.239 e. The zero-order chi connectivity index (χ0) is 11.3. The number of carbonyl (C=O) groups is 1. The SMILES string of the molecule is CCN(CC)C(=O)[C@@H](N)Cc1cnc[nH]1. The van der Waals surface area contributed by atoms with E-state index >= 15 is 0 Å². The van der Waals surface area contributed by atoms with Crippen LogP contribution in [-0.4, -0.2) is 39.9 Å². The molecule has 5 nitrogen and oxygen atoms in total. The predicted molar refractivity (Wildman–Crippen MR) is 58.2 cm³/mol. The highest BCUT2D eigenvalue weighted by atomic mass is 16.2. The van der Waals surface area contributed by atoms with Gasteiger partial charge in [-0.25, -0.2) is 4.98 Å². The van der Waals surface area contributed by atoms with Gasteiger partial charge in [-0.1, -0.05) is 0 Å². The number of imidazole rings is 1. The fourth-order valence-corrected chi connectivity index (χ4v) is 1.49. The molecule has 0 spiro atoms. The highest BCUT2D eigenvalue weighted by molar-refractivity contribution is 5.81. The zero-order valence-corrected chi connectivity index (χ0v) is 9.23. The van der Waals surface area contributed by atoms with E-state index in [2.05, 4.69) is 9.97 Å². The van der Waals surface area contributed by atoms with Crippen LogP contribution in [0.15, 0.2) is 12.5 Å². The van der Waals surface area contributed by atoms with Crippen LogP contribution in [0.3, 0.4) is 0 Å². The molecule has 0 aromatic carbocycles. The van der Waals surface area contributed by atoms with E-state index in [0.717, 1.165) is 5.69 Å². The van der Waals surface area contributed by atoms with Crippen LogP contribution in [0.2, 0.25) is 0 Å². The van der Waals surface area contributed by atoms with Crippen LogP contribution in [-0.2, 0) is 11.2 Å². The predicted octanol–water partition coefficient (Wildman–Crippen LogP) is 0.148. The molecule has 84 valence electrons. The van der Waals surface area contributed by atoms with Gasteiger partial charge < -0.3 is 15.6 Å². The summed E-state index contributed by atoms with van der Waals surface area (Å²) in [6.45, 7) is 5.30. The van der Waals surface area contributed by atoms with Crippen molar-refractivity contribution in [3.63, 3.8) is 0 Å². The molecule has 5 heteroatoms. The van der Waals surface area contributed by atoms with Crippen molar-refractivity contribution in [1.29, 1.82) is 0 Å². The van der Waals surface area contributed by atoms with Crippen LogP contribution in [0.1, 0.15) is 19.5 Å². The average molecular weight is 210 g/mol. The van der Waals surface area contributed by atoms with Crippen molar-refractivity contribution in [2.75, 3.05) is 13.1 Å². The Labute approximate surface area is 89.7 Å². The third kappa shape index (κ3) is 3.06. The minimum Gasteiger partial charge on any atom is -0.348 e. The summed E-state index contributed by atoms with van der Waals surface area (Å²) in [4.78, 5) is 20.4. The first kappa shape index (κ1) is 11.7. The third-order valence-corrected chi connectivity index (χ3v) is 2.39. The van der Waals surface area contributed by atoms with Gasteiger partial charge in [-0.2, -0.15) is 0 Å². The molecule has 0 bridgehead atoms. The van der Waals surface area contributed by atoms with Crippen molar-refractivity contribution in [3.05, 3.63) is 18.2 Å². The number of nitrogens with zero attached hydrogens (tertiary/aromatic N) is 2. The Balaban J connectivity index is 2.53. The Morgan fingerprint density at radius 2 is 2.27 bits per heavy atom. The van der Waals surface area contributed by atoms with Gasteiger partial charge in [0.1, 0.15) is 0 Å². The van der Waals surface area contributed by atoms with Crippen molar-refractivity contribution in [2.45, 2.75) is 26.3 Å². The molecule has 0 aliphatic rings. The molecule has 0 radical (unpaired) electrons. The maximum atomic E-state index is 11.8. The van der Waals surface area contributed by atoms with Gasteiger partial charge in [0, 0.05) is 31.4 Å². The van der Waals surface area contributed by atoms with E-state index in [4.69, 9.17) is 5.73 Å². The summed E-state index contributed by atoms with van der Waals surface area (Å²) in [6, 6.07) is -0.481. The van der Waals surface area contributed by atoms with Gasteiger partial charge >= 0.3 is 0 Å². The smallest absolute Gasteiger partial charge is 0.239 e. The number of likely N-dealkylation sites (N-methyl/N-ethyl adjacent to an activating group) is 1. The second kappa shape index (κ2) is 5.50. The molecule has 0 saturated heterocycles. The quantitative estimate of drug-likeness (QED) is 0.726. The molecule has 0 aliphatic carbocycles. The number of carbonyl (C=O) groups excluding carboxylic acids is 1. The fraction of sp³-hybridized carbons (Fsp3) is 0.600. The van der Waals surface area contributed by atoms with Crippen LogP contribution in [0.5, 0.6) is 0 Å². The maximum absolute atomic E-state index is 11.8. The van der Waals surface area contributed by atoms with Gasteiger partial charge in [-0.05, 0) is 13.8 Å². The first-order valence-corrected chi connectivity index (χ1v) is 5.20. The lowest BCUT2D eigenvalue weighted by Crippen LogP contribution is -2.44. The van der Waals surface area contributed by atoms with Crippen molar-refractivity contribution in [1.82, 2.24) is 14.9 Å². The Kier molecular flexibility index (Phi) is 4.30. The highest BCUT2D eigenvalue weighted by Gasteiger charge is 2.19. The second-order valence-corrected chi connectivity index (χ2v) is 3.40. The Morgan fingerprint density at radius 3 is 2.73 bits per heavy atom. The lowest BCUT2D eigenvalue weighted by Gasteiger charge is -2.22. The van der Waals surface area contributed by atoms with E-state index in [0.29, 0.717) is 19.5 Å². The van der Waals surface area contributed by atoms with Crippen molar-refractivity contribution in [3.8, 4) is 0 Å². The van der Waals surface area contributed by atoms with Crippen molar-refractivity contribution < 1.29 is 4.79 Å². The summed E-state index contributed by atoms with van der Waals surface area (Å²) in [6.07, 6.45) is 3.79. The molecular weight excluding hydrogens is 192 g/mol. The minimum atomic E-state index is -0.481. The highest BCUT2D eigenvalue weighted by Crippen LogP contribution is 2.00. The van der Waals surface area contributed by atoms with Crippen molar-refractivity contribution >= 4 is 5.91 Å². The molecule has 3 N–H and O–H groups in total. The molecule has 1 aromatic heterocycles. The fourth-order valence-electron chi connectivity index (χ4n) is 1.49. The van der Waals surface area contributed by atoms with E-state index < -0.39 is 6.04 Å². The number of hydrogen-bond donors (Lipinski definition) is 2. The number of hydrogen-bond acceptors (Lipinski definition) is 3. The van der Waals surface area contributed by atoms with Gasteiger partial charge in [-0.3, -0.25) is 4.79 Å². The van der Waals surface area contributed by atoms with E-state index in [1.165, 1.54) is 0 Å². The molecule has 1 rings (SSSR count). The zero-order valence-electron chi connectivity index (χ0n) is 9.23. The molecule has 0 unspecified atom stereocenters.